The van der Waals surface area contributed by atoms with Crippen molar-refractivity contribution in [1.82, 2.24) is 5.43 Å². The minimum atomic E-state index is -0.307. The Balaban J connectivity index is 1.56. The summed E-state index contributed by atoms with van der Waals surface area (Å²) in [5, 5.41) is 4.20. The lowest BCUT2D eigenvalue weighted by Crippen LogP contribution is -2.25. The van der Waals surface area contributed by atoms with Gasteiger partial charge in [-0.1, -0.05) is 76.6 Å². The van der Waals surface area contributed by atoms with Gasteiger partial charge in [0.15, 0.2) is 0 Å². The first-order valence-corrected chi connectivity index (χ1v) is 11.1. The number of hydrazone groups is 1. The average Bonchev–Trinajstić information content (AvgIpc) is 3.52. The lowest BCUT2D eigenvalue weighted by atomic mass is 9.85. The minimum absolute atomic E-state index is 0.0908. The molecule has 30 heavy (non-hydrogen) atoms. The first-order valence-electron chi connectivity index (χ1n) is 9.53. The summed E-state index contributed by atoms with van der Waals surface area (Å²) < 4.78 is 7.12. The van der Waals surface area contributed by atoms with Gasteiger partial charge in [-0.05, 0) is 45.6 Å². The molecule has 1 atom stereocenters. The van der Waals surface area contributed by atoms with E-state index in [9.17, 15) is 4.79 Å². The van der Waals surface area contributed by atoms with Crippen molar-refractivity contribution in [3.05, 3.63) is 98.4 Å². The number of nitrogens with one attached hydrogen (secondary N) is 1. The van der Waals surface area contributed by atoms with Gasteiger partial charge in [0.25, 0.3) is 0 Å². The number of amides is 1. The first-order chi connectivity index (χ1) is 14.6. The molecule has 0 heterocycles. The van der Waals surface area contributed by atoms with Crippen molar-refractivity contribution >= 4 is 44.0 Å². The molecule has 0 radical (unpaired) electrons. The molecule has 3 aromatic carbocycles. The molecule has 0 aliphatic heterocycles. The van der Waals surface area contributed by atoms with Crippen LogP contribution in [0.3, 0.4) is 0 Å². The van der Waals surface area contributed by atoms with Crippen molar-refractivity contribution in [1.29, 1.82) is 0 Å². The van der Waals surface area contributed by atoms with Gasteiger partial charge in [-0.2, -0.15) is 5.10 Å². The molecule has 1 saturated carbocycles. The Bertz CT molecular complexity index is 1050. The zero-order valence-corrected chi connectivity index (χ0v) is 19.5. The maximum atomic E-state index is 13.0. The fourth-order valence-electron chi connectivity index (χ4n) is 3.99. The Morgan fingerprint density at radius 2 is 1.67 bits per heavy atom. The Labute approximate surface area is 192 Å². The SMILES string of the molecule is COc1c(Br)cc(Br)cc1/C=N\NC(=O)C1CC1(c1ccccc1)c1ccccc1. The predicted molar refractivity (Wildman–Crippen MR) is 126 cm³/mol. The molecular weight excluding hydrogens is 508 g/mol. The molecule has 0 bridgehead atoms. The minimum Gasteiger partial charge on any atom is -0.495 e. The molecule has 1 N–H and O–H groups in total. The maximum absolute atomic E-state index is 13.0. The molecule has 152 valence electrons. The summed E-state index contributed by atoms with van der Waals surface area (Å²) >= 11 is 6.94. The molecule has 6 heteroatoms. The molecule has 1 aliphatic rings. The van der Waals surface area contributed by atoms with Gasteiger partial charge in [0.2, 0.25) is 5.91 Å². The van der Waals surface area contributed by atoms with E-state index in [1.165, 1.54) is 0 Å². The van der Waals surface area contributed by atoms with E-state index >= 15 is 0 Å². The Kier molecular flexibility index (Phi) is 6.06. The van der Waals surface area contributed by atoms with E-state index in [0.717, 1.165) is 32.1 Å². The van der Waals surface area contributed by atoms with Gasteiger partial charge < -0.3 is 4.74 Å². The Hall–Kier alpha value is -2.44. The molecule has 1 aliphatic carbocycles. The molecule has 3 aromatic rings. The number of hydrogen-bond donors (Lipinski definition) is 1. The van der Waals surface area contributed by atoms with Crippen LogP contribution in [0.2, 0.25) is 0 Å². The summed E-state index contributed by atoms with van der Waals surface area (Å²) in [5.41, 5.74) is 5.47. The van der Waals surface area contributed by atoms with Gasteiger partial charge >= 0.3 is 0 Å². The molecular formula is C24H20Br2N2O2. The van der Waals surface area contributed by atoms with Crippen molar-refractivity contribution in [2.75, 3.05) is 7.11 Å². The van der Waals surface area contributed by atoms with Gasteiger partial charge in [0, 0.05) is 15.5 Å². The number of methoxy groups -OCH3 is 1. The highest BCUT2D eigenvalue weighted by molar-refractivity contribution is 9.11. The van der Waals surface area contributed by atoms with Crippen LogP contribution in [-0.2, 0) is 10.2 Å². The summed E-state index contributed by atoms with van der Waals surface area (Å²) in [5.74, 6) is 0.396. The highest BCUT2D eigenvalue weighted by Crippen LogP contribution is 2.58. The van der Waals surface area contributed by atoms with E-state index in [1.807, 2.05) is 48.5 Å². The molecule has 1 amide bonds. The standard InChI is InChI=1S/C24H20Br2N2O2/c1-30-22-16(12-19(25)13-21(22)26)15-27-28-23(29)20-14-24(20,17-8-4-2-5-9-17)18-10-6-3-7-11-18/h2-13,15,20H,14H2,1H3,(H,28,29)/b27-15-. The maximum Gasteiger partial charge on any atom is 0.244 e. The summed E-state index contributed by atoms with van der Waals surface area (Å²) in [6, 6.07) is 24.2. The summed E-state index contributed by atoms with van der Waals surface area (Å²) in [4.78, 5) is 13.0. The average molecular weight is 528 g/mol. The number of halogens is 2. The van der Waals surface area contributed by atoms with Gasteiger partial charge in [0.05, 0.1) is 23.7 Å². The molecule has 0 saturated heterocycles. The van der Waals surface area contributed by atoms with Gasteiger partial charge in [0.1, 0.15) is 5.75 Å². The number of ether oxygens (including phenoxy) is 1. The smallest absolute Gasteiger partial charge is 0.244 e. The van der Waals surface area contributed by atoms with Crippen LogP contribution in [0.1, 0.15) is 23.1 Å². The van der Waals surface area contributed by atoms with Gasteiger partial charge in [-0.25, -0.2) is 5.43 Å². The Morgan fingerprint density at radius 3 is 2.23 bits per heavy atom. The number of rotatable bonds is 6. The van der Waals surface area contributed by atoms with E-state index in [2.05, 4.69) is 66.7 Å². The normalized spacial score (nSPS) is 17.0. The third kappa shape index (κ3) is 3.94. The van der Waals surface area contributed by atoms with Gasteiger partial charge in [-0.3, -0.25) is 4.79 Å². The molecule has 0 aromatic heterocycles. The van der Waals surface area contributed by atoms with E-state index in [0.29, 0.717) is 5.75 Å². The number of benzene rings is 3. The lowest BCUT2D eigenvalue weighted by molar-refractivity contribution is -0.122. The molecule has 4 rings (SSSR count). The van der Waals surface area contributed by atoms with E-state index in [-0.39, 0.29) is 17.2 Å². The first kappa shape index (κ1) is 20.8. The van der Waals surface area contributed by atoms with Crippen LogP contribution >= 0.6 is 31.9 Å². The van der Waals surface area contributed by atoms with Crippen molar-refractivity contribution in [2.45, 2.75) is 11.8 Å². The fraction of sp³-hybridized carbons (Fsp3) is 0.167. The molecule has 0 spiro atoms. The molecule has 1 unspecified atom stereocenters. The predicted octanol–water partition coefficient (Wildman–Crippen LogP) is 5.68. The Morgan fingerprint density at radius 1 is 1.07 bits per heavy atom. The summed E-state index contributed by atoms with van der Waals surface area (Å²) in [7, 11) is 1.60. The van der Waals surface area contributed by atoms with Crippen LogP contribution in [0, 0.1) is 5.92 Å². The third-order valence-electron chi connectivity index (χ3n) is 5.47. The summed E-state index contributed by atoms with van der Waals surface area (Å²) in [6.45, 7) is 0. The monoisotopic (exact) mass is 526 g/mol. The van der Waals surface area contributed by atoms with Crippen molar-refractivity contribution in [3.63, 3.8) is 0 Å². The molecule has 1 fully saturated rings. The lowest BCUT2D eigenvalue weighted by Gasteiger charge is -2.18. The highest BCUT2D eigenvalue weighted by Gasteiger charge is 2.60. The number of hydrogen-bond acceptors (Lipinski definition) is 3. The van der Waals surface area contributed by atoms with E-state index < -0.39 is 0 Å². The second kappa shape index (κ2) is 8.74. The van der Waals surface area contributed by atoms with Gasteiger partial charge in [-0.15, -0.1) is 0 Å². The zero-order valence-electron chi connectivity index (χ0n) is 16.3. The zero-order chi connectivity index (χ0) is 21.1. The second-order valence-corrected chi connectivity index (χ2v) is 8.97. The van der Waals surface area contributed by atoms with Crippen molar-refractivity contribution in [2.24, 2.45) is 11.0 Å². The van der Waals surface area contributed by atoms with Crippen LogP contribution in [-0.4, -0.2) is 19.2 Å². The van der Waals surface area contributed by atoms with Crippen LogP contribution in [0.4, 0.5) is 0 Å². The van der Waals surface area contributed by atoms with E-state index in [1.54, 1.807) is 13.3 Å². The van der Waals surface area contributed by atoms with Crippen LogP contribution in [0.15, 0.2) is 86.8 Å². The largest absolute Gasteiger partial charge is 0.495 e. The number of carbonyl (C=O) groups is 1. The highest BCUT2D eigenvalue weighted by atomic mass is 79.9. The second-order valence-electron chi connectivity index (χ2n) is 7.20. The topological polar surface area (TPSA) is 50.7 Å². The fourth-order valence-corrected chi connectivity index (χ4v) is 5.41. The van der Waals surface area contributed by atoms with Crippen LogP contribution in [0.5, 0.6) is 5.75 Å². The molecule has 4 nitrogen and oxygen atoms in total. The van der Waals surface area contributed by atoms with Crippen molar-refractivity contribution in [3.8, 4) is 5.75 Å². The number of nitrogens with zero attached hydrogens (tertiary/aromatic N) is 1. The van der Waals surface area contributed by atoms with E-state index in [4.69, 9.17) is 4.74 Å². The van der Waals surface area contributed by atoms with Crippen LogP contribution in [0.25, 0.3) is 0 Å². The van der Waals surface area contributed by atoms with Crippen LogP contribution < -0.4 is 10.2 Å². The quantitative estimate of drug-likeness (QED) is 0.331. The number of carbonyl (C=O) groups excluding carboxylic acids is 1. The van der Waals surface area contributed by atoms with Crippen molar-refractivity contribution < 1.29 is 9.53 Å². The third-order valence-corrected chi connectivity index (χ3v) is 6.52. The summed E-state index contributed by atoms with van der Waals surface area (Å²) in [6.07, 6.45) is 2.36.